The average Bonchev–Trinajstić information content (AvgIpc) is 3.32. The van der Waals surface area contributed by atoms with E-state index in [-0.39, 0.29) is 37.7 Å². The summed E-state index contributed by atoms with van der Waals surface area (Å²) in [7, 11) is -2.00. The standard InChI is InChI=1S/C29H40O5SeSi/c1-8-10-17-31-28(21-15-16-24-25(18-21)33-20-32-24)27(19-34-36(6,7)29(3,4)5)35-26-14-12-11-13-22(26)23(30)9-2/h10-16,18,23,27-28,30H,1,9,17,19-20H2,2-7H3/t23-,27-,28+/m0/s1. The van der Waals surface area contributed by atoms with Crippen LogP contribution in [0.3, 0.4) is 0 Å². The summed E-state index contributed by atoms with van der Waals surface area (Å²) in [6.07, 6.45) is 1.75. The zero-order valence-electron chi connectivity index (χ0n) is 22.4. The van der Waals surface area contributed by atoms with E-state index in [2.05, 4.69) is 58.3 Å². The molecular formula is C29H40O5SeSi. The van der Waals surface area contributed by atoms with Crippen molar-refractivity contribution in [1.82, 2.24) is 0 Å². The Hall–Kier alpha value is -1.82. The maximum absolute atomic E-state index is 10.7. The van der Waals surface area contributed by atoms with Crippen LogP contribution in [-0.2, 0) is 9.16 Å². The van der Waals surface area contributed by atoms with E-state index in [1.807, 2.05) is 37.3 Å². The van der Waals surface area contributed by atoms with Gasteiger partial charge in [0.2, 0.25) is 0 Å². The normalized spacial score (nSPS) is 15.8. The van der Waals surface area contributed by atoms with Gasteiger partial charge in [-0.15, -0.1) is 0 Å². The van der Waals surface area contributed by atoms with Crippen LogP contribution in [0.2, 0.25) is 22.9 Å². The van der Waals surface area contributed by atoms with Crippen molar-refractivity contribution in [2.75, 3.05) is 20.0 Å². The van der Waals surface area contributed by atoms with Crippen molar-refractivity contribution in [2.24, 2.45) is 0 Å². The Labute approximate surface area is 223 Å². The first kappa shape index (κ1) is 28.7. The van der Waals surface area contributed by atoms with E-state index in [1.54, 1.807) is 6.08 Å². The van der Waals surface area contributed by atoms with Gasteiger partial charge in [0.1, 0.15) is 0 Å². The van der Waals surface area contributed by atoms with Crippen molar-refractivity contribution in [1.29, 1.82) is 0 Å². The summed E-state index contributed by atoms with van der Waals surface area (Å²) in [5, 5.41) is 10.8. The van der Waals surface area contributed by atoms with Crippen LogP contribution in [0.4, 0.5) is 0 Å². The number of aliphatic hydroxyl groups is 1. The molecule has 0 saturated heterocycles. The molecule has 1 aliphatic rings. The third-order valence-electron chi connectivity index (χ3n) is 6.92. The van der Waals surface area contributed by atoms with Gasteiger partial charge in [-0.1, -0.05) is 0 Å². The average molecular weight is 576 g/mol. The van der Waals surface area contributed by atoms with Crippen LogP contribution < -0.4 is 13.9 Å². The second kappa shape index (κ2) is 12.6. The summed E-state index contributed by atoms with van der Waals surface area (Å²) in [6, 6.07) is 14.2. The van der Waals surface area contributed by atoms with Crippen molar-refractivity contribution in [3.8, 4) is 11.5 Å². The number of hydrogen-bond acceptors (Lipinski definition) is 5. The Bertz CT molecular complexity index is 1060. The molecule has 1 N–H and O–H groups in total. The van der Waals surface area contributed by atoms with Gasteiger partial charge in [0.15, 0.2) is 0 Å². The van der Waals surface area contributed by atoms with Crippen molar-refractivity contribution >= 4 is 27.7 Å². The Kier molecular flexibility index (Phi) is 10.1. The molecule has 0 unspecified atom stereocenters. The van der Waals surface area contributed by atoms with E-state index in [1.165, 1.54) is 4.46 Å². The molecular weight excluding hydrogens is 535 g/mol. The van der Waals surface area contributed by atoms with Crippen LogP contribution in [0.25, 0.3) is 0 Å². The Morgan fingerprint density at radius 1 is 1.17 bits per heavy atom. The summed E-state index contributed by atoms with van der Waals surface area (Å²) < 4.78 is 25.6. The van der Waals surface area contributed by atoms with Gasteiger partial charge < -0.3 is 0 Å². The second-order valence-corrected chi connectivity index (χ2v) is 18.0. The van der Waals surface area contributed by atoms with Gasteiger partial charge in [-0.25, -0.2) is 0 Å². The molecule has 2 aromatic rings. The summed E-state index contributed by atoms with van der Waals surface area (Å²) in [5.74, 6) is 1.48. The fraction of sp³-hybridized carbons (Fsp3) is 0.483. The van der Waals surface area contributed by atoms with E-state index in [4.69, 9.17) is 18.6 Å². The maximum atomic E-state index is 10.7. The molecule has 1 heterocycles. The first-order valence-corrected chi connectivity index (χ1v) is 17.3. The molecule has 3 rings (SSSR count). The van der Waals surface area contributed by atoms with Crippen molar-refractivity contribution in [3.05, 3.63) is 72.0 Å². The fourth-order valence-corrected chi connectivity index (χ4v) is 7.72. The summed E-state index contributed by atoms with van der Waals surface area (Å²) in [6.45, 7) is 18.2. The van der Waals surface area contributed by atoms with Crippen molar-refractivity contribution in [2.45, 2.75) is 69.3 Å². The minimum atomic E-state index is -2.00. The molecule has 1 aliphatic heterocycles. The Morgan fingerprint density at radius 2 is 1.89 bits per heavy atom. The molecule has 196 valence electrons. The molecule has 36 heavy (non-hydrogen) atoms. The molecule has 0 radical (unpaired) electrons. The first-order valence-electron chi connectivity index (χ1n) is 12.5. The van der Waals surface area contributed by atoms with Crippen LogP contribution in [0.15, 0.2) is 60.9 Å². The van der Waals surface area contributed by atoms with Gasteiger partial charge in [0.05, 0.1) is 0 Å². The van der Waals surface area contributed by atoms with E-state index >= 15 is 0 Å². The van der Waals surface area contributed by atoms with Crippen molar-refractivity contribution < 1.29 is 23.7 Å². The molecule has 0 bridgehead atoms. The van der Waals surface area contributed by atoms with Crippen LogP contribution in [-0.4, -0.2) is 48.4 Å². The van der Waals surface area contributed by atoms with Crippen LogP contribution >= 0.6 is 0 Å². The Balaban J connectivity index is 2.01. The van der Waals surface area contributed by atoms with Gasteiger partial charge >= 0.3 is 224 Å². The van der Waals surface area contributed by atoms with Crippen LogP contribution in [0.1, 0.15) is 57.5 Å². The van der Waals surface area contributed by atoms with Gasteiger partial charge in [-0.2, -0.15) is 0 Å². The van der Waals surface area contributed by atoms with Crippen LogP contribution in [0.5, 0.6) is 11.5 Å². The third-order valence-corrected chi connectivity index (χ3v) is 14.2. The molecule has 7 heteroatoms. The summed E-state index contributed by atoms with van der Waals surface area (Å²) in [4.78, 5) is 0.0652. The summed E-state index contributed by atoms with van der Waals surface area (Å²) in [5.41, 5.74) is 4.83. The number of ether oxygens (including phenoxy) is 3. The fourth-order valence-electron chi connectivity index (χ4n) is 3.66. The predicted octanol–water partition coefficient (Wildman–Crippen LogP) is 6.10. The van der Waals surface area contributed by atoms with E-state index in [9.17, 15) is 5.11 Å². The molecule has 0 spiro atoms. The predicted molar refractivity (Wildman–Crippen MR) is 149 cm³/mol. The Morgan fingerprint density at radius 3 is 2.58 bits per heavy atom. The molecule has 0 amide bonds. The number of benzene rings is 2. The molecule has 0 fully saturated rings. The quantitative estimate of drug-likeness (QED) is 0.245. The van der Waals surface area contributed by atoms with Gasteiger partial charge in [0, 0.05) is 0 Å². The van der Waals surface area contributed by atoms with Gasteiger partial charge in [-0.3, -0.25) is 0 Å². The number of hydrogen-bond donors (Lipinski definition) is 1. The zero-order chi connectivity index (χ0) is 26.3. The monoisotopic (exact) mass is 576 g/mol. The molecule has 3 atom stereocenters. The SMILES string of the molecule is C=C=CCO[C@H](c1ccc2c(c1)OCO2)[C@H](CO[Si](C)(C)C(C)(C)C)[Se]c1ccccc1[C@@H](O)CC. The number of aliphatic hydroxyl groups excluding tert-OH is 1. The molecule has 5 nitrogen and oxygen atoms in total. The van der Waals surface area contributed by atoms with Crippen molar-refractivity contribution in [3.63, 3.8) is 0 Å². The van der Waals surface area contributed by atoms with E-state index in [0.29, 0.717) is 19.6 Å². The van der Waals surface area contributed by atoms with Gasteiger partial charge in [-0.05, 0) is 0 Å². The van der Waals surface area contributed by atoms with Gasteiger partial charge in [0.25, 0.3) is 0 Å². The molecule has 2 aromatic carbocycles. The first-order chi connectivity index (χ1) is 17.1. The molecule has 0 aromatic heterocycles. The van der Waals surface area contributed by atoms with E-state index in [0.717, 1.165) is 22.6 Å². The second-order valence-electron chi connectivity index (χ2n) is 10.5. The third kappa shape index (κ3) is 7.14. The topological polar surface area (TPSA) is 57.2 Å². The van der Waals surface area contributed by atoms with Crippen LogP contribution in [0, 0.1) is 0 Å². The minimum absolute atomic E-state index is 0.0337. The molecule has 0 saturated carbocycles. The number of fused-ring (bicyclic) bond motifs is 1. The van der Waals surface area contributed by atoms with E-state index < -0.39 is 14.4 Å². The molecule has 0 aliphatic carbocycles. The zero-order valence-corrected chi connectivity index (χ0v) is 25.1. The number of rotatable bonds is 12. The summed E-state index contributed by atoms with van der Waals surface area (Å²) >= 11 is -0.0337.